The fraction of sp³-hybridized carbons (Fsp3) is 0.545. The van der Waals surface area contributed by atoms with Crippen molar-refractivity contribution in [2.75, 3.05) is 12.9 Å². The Morgan fingerprint density at radius 3 is 3.19 bits per heavy atom. The number of aromatic nitrogens is 1. The Morgan fingerprint density at radius 2 is 2.44 bits per heavy atom. The molecule has 2 rings (SSSR count). The zero-order valence-corrected chi connectivity index (χ0v) is 11.5. The number of pyridine rings is 1. The highest BCUT2D eigenvalue weighted by Gasteiger charge is 2.25. The van der Waals surface area contributed by atoms with Gasteiger partial charge in [-0.15, -0.1) is 0 Å². The molecule has 0 aromatic carbocycles. The Morgan fingerprint density at radius 1 is 1.56 bits per heavy atom. The van der Waals surface area contributed by atoms with Gasteiger partial charge in [-0.05, 0) is 46.5 Å². The van der Waals surface area contributed by atoms with Gasteiger partial charge in [0.25, 0.3) is 0 Å². The molecular formula is C11H14BrNO2S. The van der Waals surface area contributed by atoms with Crippen molar-refractivity contribution in [3.63, 3.8) is 0 Å². The Kier molecular flexibility index (Phi) is 4.64. The maximum absolute atomic E-state index is 5.72. The van der Waals surface area contributed by atoms with E-state index in [0.29, 0.717) is 0 Å². The van der Waals surface area contributed by atoms with Crippen molar-refractivity contribution in [2.45, 2.75) is 25.0 Å². The molecule has 0 saturated carbocycles. The molecule has 2 unspecified atom stereocenters. The first-order valence-corrected chi connectivity index (χ1v) is 7.17. The predicted molar refractivity (Wildman–Crippen MR) is 68.3 cm³/mol. The van der Waals surface area contributed by atoms with Gasteiger partial charge >= 0.3 is 0 Å². The van der Waals surface area contributed by atoms with E-state index in [1.54, 1.807) is 0 Å². The van der Waals surface area contributed by atoms with Crippen LogP contribution in [0.2, 0.25) is 0 Å². The van der Waals surface area contributed by atoms with Crippen LogP contribution in [0.3, 0.4) is 0 Å². The lowest BCUT2D eigenvalue weighted by atomic mass is 10.0. The van der Waals surface area contributed by atoms with Crippen LogP contribution in [0, 0.1) is 0 Å². The minimum Gasteiger partial charge on any atom is -0.372 e. The first kappa shape index (κ1) is 12.4. The summed E-state index contributed by atoms with van der Waals surface area (Å²) in [7, 11) is 0. The fourth-order valence-corrected chi connectivity index (χ4v) is 2.60. The Balaban J connectivity index is 2.03. The molecule has 1 aliphatic rings. The van der Waals surface area contributed by atoms with E-state index in [9.17, 15) is 0 Å². The Labute approximate surface area is 108 Å². The summed E-state index contributed by atoms with van der Waals surface area (Å²) in [6, 6.07) is 5.90. The highest BCUT2D eigenvalue weighted by atomic mass is 79.9. The lowest BCUT2D eigenvalue weighted by molar-refractivity contribution is -0.0331. The predicted octanol–water partition coefficient (Wildman–Crippen LogP) is 3.36. The smallest absolute Gasteiger partial charge is 0.106 e. The lowest BCUT2D eigenvalue weighted by Crippen LogP contribution is -2.25. The SMILES string of the molecule is CSOC1CCOC(c2cccc(Br)n2)C1. The third-order valence-electron chi connectivity index (χ3n) is 2.53. The zero-order chi connectivity index (χ0) is 11.4. The molecule has 2 atom stereocenters. The molecule has 0 bridgehead atoms. The van der Waals surface area contributed by atoms with Crippen LogP contribution in [-0.2, 0) is 8.92 Å². The number of rotatable bonds is 3. The molecule has 3 nitrogen and oxygen atoms in total. The number of hydrogen-bond donors (Lipinski definition) is 0. The first-order valence-electron chi connectivity index (χ1n) is 5.23. The molecular weight excluding hydrogens is 290 g/mol. The molecule has 1 fully saturated rings. The van der Waals surface area contributed by atoms with Crippen molar-refractivity contribution < 1.29 is 8.92 Å². The molecule has 5 heteroatoms. The molecule has 0 amide bonds. The molecule has 16 heavy (non-hydrogen) atoms. The monoisotopic (exact) mass is 303 g/mol. The van der Waals surface area contributed by atoms with Crippen molar-refractivity contribution in [1.29, 1.82) is 0 Å². The van der Waals surface area contributed by atoms with Crippen LogP contribution < -0.4 is 0 Å². The van der Waals surface area contributed by atoms with Crippen molar-refractivity contribution in [3.05, 3.63) is 28.5 Å². The van der Waals surface area contributed by atoms with Gasteiger partial charge in [0.1, 0.15) is 10.7 Å². The average Bonchev–Trinajstić information content (AvgIpc) is 2.30. The van der Waals surface area contributed by atoms with Gasteiger partial charge in [0.15, 0.2) is 0 Å². The van der Waals surface area contributed by atoms with Gasteiger partial charge in [0.2, 0.25) is 0 Å². The summed E-state index contributed by atoms with van der Waals surface area (Å²) in [5, 5.41) is 0. The summed E-state index contributed by atoms with van der Waals surface area (Å²) in [6.07, 6.45) is 4.12. The van der Waals surface area contributed by atoms with Gasteiger partial charge in [-0.25, -0.2) is 4.98 Å². The second-order valence-corrected chi connectivity index (χ2v) is 4.99. The van der Waals surface area contributed by atoms with E-state index in [-0.39, 0.29) is 12.2 Å². The Hall–Kier alpha value is -0.100. The van der Waals surface area contributed by atoms with Gasteiger partial charge < -0.3 is 8.92 Å². The summed E-state index contributed by atoms with van der Waals surface area (Å²) in [5.74, 6) is 0. The standard InChI is InChI=1S/C11H14BrNO2S/c1-16-15-8-5-6-14-10(7-8)9-3-2-4-11(12)13-9/h2-4,8,10H,5-7H2,1H3. The molecule has 0 N–H and O–H groups in total. The van der Waals surface area contributed by atoms with E-state index in [4.69, 9.17) is 8.92 Å². The van der Waals surface area contributed by atoms with Crippen LogP contribution in [0.1, 0.15) is 24.6 Å². The number of halogens is 1. The van der Waals surface area contributed by atoms with Crippen LogP contribution in [-0.4, -0.2) is 24.0 Å². The Bertz CT molecular complexity index is 349. The minimum atomic E-state index is 0.0587. The second-order valence-electron chi connectivity index (χ2n) is 3.65. The molecule has 0 aliphatic carbocycles. The quantitative estimate of drug-likeness (QED) is 0.633. The third kappa shape index (κ3) is 3.20. The molecule has 1 aromatic rings. The molecule has 1 saturated heterocycles. The second kappa shape index (κ2) is 6.00. The molecule has 0 radical (unpaired) electrons. The van der Waals surface area contributed by atoms with E-state index < -0.39 is 0 Å². The maximum Gasteiger partial charge on any atom is 0.106 e. The van der Waals surface area contributed by atoms with Crippen LogP contribution in [0.15, 0.2) is 22.8 Å². The van der Waals surface area contributed by atoms with Gasteiger partial charge in [-0.1, -0.05) is 6.07 Å². The maximum atomic E-state index is 5.72. The fourth-order valence-electron chi connectivity index (χ4n) is 1.80. The molecule has 88 valence electrons. The van der Waals surface area contributed by atoms with Crippen molar-refractivity contribution >= 4 is 28.0 Å². The summed E-state index contributed by atoms with van der Waals surface area (Å²) in [4.78, 5) is 4.42. The van der Waals surface area contributed by atoms with E-state index >= 15 is 0 Å². The van der Waals surface area contributed by atoms with Gasteiger partial charge in [0, 0.05) is 19.3 Å². The minimum absolute atomic E-state index is 0.0587. The summed E-state index contributed by atoms with van der Waals surface area (Å²) in [6.45, 7) is 0.740. The first-order chi connectivity index (χ1) is 7.79. The summed E-state index contributed by atoms with van der Waals surface area (Å²) in [5.41, 5.74) is 0.976. The van der Waals surface area contributed by atoms with Crippen LogP contribution in [0.5, 0.6) is 0 Å². The van der Waals surface area contributed by atoms with E-state index in [1.807, 2.05) is 24.5 Å². The van der Waals surface area contributed by atoms with Crippen molar-refractivity contribution in [3.8, 4) is 0 Å². The average molecular weight is 304 g/mol. The topological polar surface area (TPSA) is 31.4 Å². The lowest BCUT2D eigenvalue weighted by Gasteiger charge is -2.28. The van der Waals surface area contributed by atoms with Gasteiger partial charge in [-0.3, -0.25) is 0 Å². The summed E-state index contributed by atoms with van der Waals surface area (Å²) >= 11 is 4.80. The number of hydrogen-bond acceptors (Lipinski definition) is 4. The third-order valence-corrected chi connectivity index (χ3v) is 3.44. The molecule has 1 aliphatic heterocycles. The number of ether oxygens (including phenoxy) is 1. The summed E-state index contributed by atoms with van der Waals surface area (Å²) < 4.78 is 12.1. The highest BCUT2D eigenvalue weighted by Crippen LogP contribution is 2.30. The molecule has 1 aromatic heterocycles. The van der Waals surface area contributed by atoms with Crippen LogP contribution in [0.25, 0.3) is 0 Å². The van der Waals surface area contributed by atoms with E-state index in [2.05, 4.69) is 20.9 Å². The van der Waals surface area contributed by atoms with Crippen LogP contribution in [0.4, 0.5) is 0 Å². The molecule has 2 heterocycles. The van der Waals surface area contributed by atoms with Crippen molar-refractivity contribution in [2.24, 2.45) is 0 Å². The van der Waals surface area contributed by atoms with E-state index in [1.165, 1.54) is 12.0 Å². The largest absolute Gasteiger partial charge is 0.372 e. The van der Waals surface area contributed by atoms with Crippen LogP contribution >= 0.6 is 28.0 Å². The van der Waals surface area contributed by atoms with Crippen molar-refractivity contribution in [1.82, 2.24) is 4.98 Å². The zero-order valence-electron chi connectivity index (χ0n) is 9.06. The van der Waals surface area contributed by atoms with E-state index in [0.717, 1.165) is 29.7 Å². The normalized spacial score (nSPS) is 25.6. The highest BCUT2D eigenvalue weighted by molar-refractivity contribution is 9.10. The number of nitrogens with zero attached hydrogens (tertiary/aromatic N) is 1. The molecule has 0 spiro atoms. The van der Waals surface area contributed by atoms with Gasteiger partial charge in [-0.2, -0.15) is 0 Å². The van der Waals surface area contributed by atoms with Gasteiger partial charge in [0.05, 0.1) is 11.8 Å².